The molecule has 1 amide bonds. The van der Waals surface area contributed by atoms with Crippen LogP contribution in [0.4, 0.5) is 10.1 Å². The lowest BCUT2D eigenvalue weighted by Crippen LogP contribution is -2.46. The van der Waals surface area contributed by atoms with Crippen LogP contribution in [0.15, 0.2) is 22.8 Å². The number of pyridine rings is 1. The summed E-state index contributed by atoms with van der Waals surface area (Å²) in [4.78, 5) is 16.7. The van der Waals surface area contributed by atoms with Gasteiger partial charge in [-0.05, 0) is 40.8 Å². The number of fused-ring (bicyclic) bond motifs is 4. The van der Waals surface area contributed by atoms with Crippen molar-refractivity contribution < 1.29 is 9.18 Å². The summed E-state index contributed by atoms with van der Waals surface area (Å²) in [5.41, 5.74) is 1.95. The second kappa shape index (κ2) is 4.26. The van der Waals surface area contributed by atoms with Crippen LogP contribution in [-0.2, 0) is 10.2 Å². The van der Waals surface area contributed by atoms with Crippen LogP contribution in [0.25, 0.3) is 10.9 Å². The topological polar surface area (TPSA) is 42.0 Å². The van der Waals surface area contributed by atoms with E-state index in [4.69, 9.17) is 0 Å². The van der Waals surface area contributed by atoms with Crippen molar-refractivity contribution >= 4 is 38.4 Å². The molecule has 1 aliphatic heterocycles. The molecule has 2 aliphatic rings. The number of benzene rings is 1. The van der Waals surface area contributed by atoms with Crippen LogP contribution in [0.3, 0.4) is 0 Å². The highest BCUT2D eigenvalue weighted by molar-refractivity contribution is 9.10. The fourth-order valence-electron chi connectivity index (χ4n) is 3.76. The predicted molar refractivity (Wildman–Crippen MR) is 82.7 cm³/mol. The molecule has 1 aromatic carbocycles. The van der Waals surface area contributed by atoms with E-state index in [1.807, 2.05) is 0 Å². The van der Waals surface area contributed by atoms with E-state index in [0.29, 0.717) is 15.9 Å². The van der Waals surface area contributed by atoms with Gasteiger partial charge >= 0.3 is 0 Å². The van der Waals surface area contributed by atoms with Gasteiger partial charge in [0.2, 0.25) is 5.91 Å². The summed E-state index contributed by atoms with van der Waals surface area (Å²) in [6.07, 6.45) is 4.48. The lowest BCUT2D eigenvalue weighted by atomic mass is 9.58. The van der Waals surface area contributed by atoms with Crippen molar-refractivity contribution in [2.24, 2.45) is 5.92 Å². The second-order valence-corrected chi connectivity index (χ2v) is 6.90. The highest BCUT2D eigenvalue weighted by atomic mass is 79.9. The highest BCUT2D eigenvalue weighted by Crippen LogP contribution is 2.56. The smallest absolute Gasteiger partial charge is 0.235 e. The minimum Gasteiger partial charge on any atom is -0.324 e. The minimum absolute atomic E-state index is 0.0666. The van der Waals surface area contributed by atoms with Crippen LogP contribution >= 0.6 is 15.9 Å². The summed E-state index contributed by atoms with van der Waals surface area (Å²) in [7, 11) is 0. The molecule has 1 aromatic heterocycles. The predicted octanol–water partition coefficient (Wildman–Crippen LogP) is 4.15. The maximum atomic E-state index is 13.7. The highest BCUT2D eigenvalue weighted by Gasteiger charge is 2.55. The molecule has 2 heterocycles. The molecule has 0 radical (unpaired) electrons. The Morgan fingerprint density at radius 3 is 2.95 bits per heavy atom. The van der Waals surface area contributed by atoms with Crippen LogP contribution in [0.2, 0.25) is 0 Å². The maximum Gasteiger partial charge on any atom is 0.235 e. The summed E-state index contributed by atoms with van der Waals surface area (Å²) < 4.78 is 14.1. The molecule has 21 heavy (non-hydrogen) atoms. The molecule has 5 heteroatoms. The number of nitrogens with one attached hydrogen (secondary N) is 1. The van der Waals surface area contributed by atoms with Gasteiger partial charge in [0.1, 0.15) is 5.82 Å². The summed E-state index contributed by atoms with van der Waals surface area (Å²) in [6, 6.07) is 3.17. The molecule has 1 aliphatic carbocycles. The number of aromatic nitrogens is 1. The van der Waals surface area contributed by atoms with Crippen molar-refractivity contribution in [3.63, 3.8) is 0 Å². The Labute approximate surface area is 130 Å². The van der Waals surface area contributed by atoms with Crippen molar-refractivity contribution in [3.05, 3.63) is 34.2 Å². The van der Waals surface area contributed by atoms with Gasteiger partial charge in [-0.3, -0.25) is 9.78 Å². The third-order valence-corrected chi connectivity index (χ3v) is 5.53. The number of hydrogen-bond acceptors (Lipinski definition) is 2. The fourth-order valence-corrected chi connectivity index (χ4v) is 4.10. The Hall–Kier alpha value is -1.49. The summed E-state index contributed by atoms with van der Waals surface area (Å²) >= 11 is 3.23. The lowest BCUT2D eigenvalue weighted by molar-refractivity contribution is -0.125. The molecule has 108 valence electrons. The van der Waals surface area contributed by atoms with Gasteiger partial charge in [0.15, 0.2) is 0 Å². The van der Waals surface area contributed by atoms with Crippen LogP contribution in [0.5, 0.6) is 0 Å². The molecule has 0 saturated heterocycles. The van der Waals surface area contributed by atoms with E-state index in [1.54, 1.807) is 12.3 Å². The first-order valence-corrected chi connectivity index (χ1v) is 7.94. The fraction of sp³-hybridized carbons (Fsp3) is 0.375. The first kappa shape index (κ1) is 13.2. The first-order valence-electron chi connectivity index (χ1n) is 7.15. The Morgan fingerprint density at radius 2 is 2.24 bits per heavy atom. The van der Waals surface area contributed by atoms with Crippen molar-refractivity contribution in [2.75, 3.05) is 5.32 Å². The van der Waals surface area contributed by atoms with Crippen LogP contribution < -0.4 is 5.32 Å². The number of halogens is 2. The summed E-state index contributed by atoms with van der Waals surface area (Å²) in [5.74, 6) is 0.326. The quantitative estimate of drug-likeness (QED) is 0.841. The molecule has 3 nitrogen and oxygen atoms in total. The standard InChI is InChI=1S/C16H14BrFN2O/c1-2-8-5-16(6-8)14-9-3-10(17)11(18)4-12(9)19-7-13(14)20-15(16)21/h3-4,7-8H,2,5-6H2,1H3,(H,20,21). The van der Waals surface area contributed by atoms with Crippen molar-refractivity contribution in [3.8, 4) is 0 Å². The normalized spacial score (nSPS) is 26.8. The third kappa shape index (κ3) is 1.64. The average Bonchev–Trinajstić information content (AvgIpc) is 2.71. The average molecular weight is 349 g/mol. The molecule has 1 spiro atoms. The van der Waals surface area contributed by atoms with Gasteiger partial charge in [-0.1, -0.05) is 13.3 Å². The molecule has 4 rings (SSSR count). The number of nitrogens with zero attached hydrogens (tertiary/aromatic N) is 1. The molecule has 1 N–H and O–H groups in total. The number of carbonyl (C=O) groups is 1. The second-order valence-electron chi connectivity index (χ2n) is 6.05. The van der Waals surface area contributed by atoms with Gasteiger partial charge in [0, 0.05) is 17.0 Å². The van der Waals surface area contributed by atoms with E-state index in [1.165, 1.54) is 6.07 Å². The number of carbonyl (C=O) groups excluding carboxylic acids is 1. The van der Waals surface area contributed by atoms with Gasteiger partial charge < -0.3 is 5.32 Å². The number of anilines is 1. The third-order valence-electron chi connectivity index (χ3n) is 4.92. The van der Waals surface area contributed by atoms with E-state index in [-0.39, 0.29) is 11.7 Å². The first-order chi connectivity index (χ1) is 10.0. The van der Waals surface area contributed by atoms with Crippen molar-refractivity contribution in [1.82, 2.24) is 4.98 Å². The van der Waals surface area contributed by atoms with E-state index < -0.39 is 5.41 Å². The van der Waals surface area contributed by atoms with Gasteiger partial charge in [-0.2, -0.15) is 0 Å². The summed E-state index contributed by atoms with van der Waals surface area (Å²) in [6.45, 7) is 2.15. The Kier molecular flexibility index (Phi) is 2.67. The molecule has 0 bridgehead atoms. The van der Waals surface area contributed by atoms with E-state index in [9.17, 15) is 9.18 Å². The number of amides is 1. The zero-order valence-electron chi connectivity index (χ0n) is 11.5. The zero-order valence-corrected chi connectivity index (χ0v) is 13.1. The summed E-state index contributed by atoms with van der Waals surface area (Å²) in [5, 5.41) is 3.82. The SMILES string of the molecule is CCC1CC2(C1)C(=O)Nc1cnc3cc(F)c(Br)cc3c12. The van der Waals surface area contributed by atoms with Crippen LogP contribution in [0, 0.1) is 11.7 Å². The van der Waals surface area contributed by atoms with Gasteiger partial charge in [-0.25, -0.2) is 4.39 Å². The molecule has 1 saturated carbocycles. The zero-order chi connectivity index (χ0) is 14.8. The van der Waals surface area contributed by atoms with Crippen molar-refractivity contribution in [2.45, 2.75) is 31.6 Å². The Morgan fingerprint density at radius 1 is 1.48 bits per heavy atom. The Balaban J connectivity index is 1.97. The molecular formula is C16H14BrFN2O. The van der Waals surface area contributed by atoms with Gasteiger partial charge in [-0.15, -0.1) is 0 Å². The number of rotatable bonds is 1. The molecule has 1 fully saturated rings. The monoisotopic (exact) mass is 348 g/mol. The van der Waals surface area contributed by atoms with Crippen LogP contribution in [0.1, 0.15) is 31.7 Å². The lowest BCUT2D eigenvalue weighted by Gasteiger charge is -2.43. The molecule has 2 aromatic rings. The number of hydrogen-bond donors (Lipinski definition) is 1. The van der Waals surface area contributed by atoms with Crippen LogP contribution in [-0.4, -0.2) is 10.9 Å². The van der Waals surface area contributed by atoms with E-state index in [2.05, 4.69) is 33.2 Å². The van der Waals surface area contributed by atoms with Crippen molar-refractivity contribution in [1.29, 1.82) is 0 Å². The minimum atomic E-state index is -0.436. The molecule has 0 atom stereocenters. The largest absolute Gasteiger partial charge is 0.324 e. The molecular weight excluding hydrogens is 335 g/mol. The van der Waals surface area contributed by atoms with E-state index in [0.717, 1.165) is 35.9 Å². The Bertz CT molecular complexity index is 783. The molecule has 0 unspecified atom stereocenters. The van der Waals surface area contributed by atoms with Gasteiger partial charge in [0.05, 0.1) is 27.3 Å². The van der Waals surface area contributed by atoms with E-state index >= 15 is 0 Å². The maximum absolute atomic E-state index is 13.7. The van der Waals surface area contributed by atoms with Gasteiger partial charge in [0.25, 0.3) is 0 Å².